The summed E-state index contributed by atoms with van der Waals surface area (Å²) in [6.45, 7) is 8.45. The molecule has 1 spiro atoms. The smallest absolute Gasteiger partial charge is 0.226 e. The Morgan fingerprint density at radius 3 is 2.40 bits per heavy atom. The molecule has 0 atom stereocenters. The Kier molecular flexibility index (Phi) is 4.99. The first-order valence-electron chi connectivity index (χ1n) is 7.73. The molecule has 2 heterocycles. The quantitative estimate of drug-likeness (QED) is 0.803. The predicted molar refractivity (Wildman–Crippen MR) is 82.5 cm³/mol. The number of rotatable bonds is 3. The fourth-order valence-corrected chi connectivity index (χ4v) is 4.59. The number of amides is 2. The third-order valence-corrected chi connectivity index (χ3v) is 5.85. The number of hydrogen-bond acceptors (Lipinski definition) is 3. The van der Waals surface area contributed by atoms with Crippen LogP contribution in [0.1, 0.15) is 46.5 Å². The van der Waals surface area contributed by atoms with Gasteiger partial charge in [0.05, 0.1) is 4.87 Å². The van der Waals surface area contributed by atoms with Crippen LogP contribution in [0.15, 0.2) is 0 Å². The van der Waals surface area contributed by atoms with Gasteiger partial charge in [-0.05, 0) is 19.3 Å². The summed E-state index contributed by atoms with van der Waals surface area (Å²) in [5, 5.41) is 0. The Morgan fingerprint density at radius 2 is 1.85 bits per heavy atom. The number of thioether (sulfide) groups is 1. The van der Waals surface area contributed by atoms with Crippen LogP contribution in [0.4, 0.5) is 0 Å². The molecular weight excluding hydrogens is 272 g/mol. The highest BCUT2D eigenvalue weighted by molar-refractivity contribution is 8.00. The normalized spacial score (nSPS) is 21.8. The topological polar surface area (TPSA) is 40.6 Å². The molecule has 0 aromatic heterocycles. The lowest BCUT2D eigenvalue weighted by molar-refractivity contribution is -0.139. The molecule has 0 bridgehead atoms. The standard InChI is InChI=1S/C15H26N2O2S/c1-4-5-13(18)16-8-6-15(7-9-16)17(10-11-20-15)14(19)12(2)3/h12H,4-11H2,1-3H3. The largest absolute Gasteiger partial charge is 0.342 e. The molecule has 4 nitrogen and oxygen atoms in total. The molecule has 0 aliphatic carbocycles. The summed E-state index contributed by atoms with van der Waals surface area (Å²) >= 11 is 1.91. The Balaban J connectivity index is 2.00. The van der Waals surface area contributed by atoms with Crippen LogP contribution in [-0.2, 0) is 9.59 Å². The number of carbonyl (C=O) groups is 2. The minimum atomic E-state index is -0.0374. The minimum Gasteiger partial charge on any atom is -0.342 e. The van der Waals surface area contributed by atoms with Crippen molar-refractivity contribution in [2.45, 2.75) is 51.3 Å². The fourth-order valence-electron chi connectivity index (χ4n) is 3.12. The van der Waals surface area contributed by atoms with E-state index in [0.717, 1.165) is 44.6 Å². The van der Waals surface area contributed by atoms with Crippen molar-refractivity contribution in [1.82, 2.24) is 9.80 Å². The van der Waals surface area contributed by atoms with Crippen LogP contribution >= 0.6 is 11.8 Å². The van der Waals surface area contributed by atoms with E-state index >= 15 is 0 Å². The number of likely N-dealkylation sites (tertiary alicyclic amines) is 1. The van der Waals surface area contributed by atoms with E-state index in [4.69, 9.17) is 0 Å². The van der Waals surface area contributed by atoms with Crippen molar-refractivity contribution < 1.29 is 9.59 Å². The Morgan fingerprint density at radius 1 is 1.20 bits per heavy atom. The van der Waals surface area contributed by atoms with E-state index in [1.165, 1.54) is 0 Å². The average molecular weight is 298 g/mol. The molecule has 2 aliphatic rings. The van der Waals surface area contributed by atoms with E-state index in [-0.39, 0.29) is 22.6 Å². The summed E-state index contributed by atoms with van der Waals surface area (Å²) in [5.74, 6) is 1.63. The van der Waals surface area contributed by atoms with Gasteiger partial charge in [0.2, 0.25) is 11.8 Å². The molecule has 0 unspecified atom stereocenters. The van der Waals surface area contributed by atoms with Gasteiger partial charge in [-0.25, -0.2) is 0 Å². The van der Waals surface area contributed by atoms with Gasteiger partial charge in [0.1, 0.15) is 0 Å². The number of nitrogens with zero attached hydrogens (tertiary/aromatic N) is 2. The molecule has 114 valence electrons. The summed E-state index contributed by atoms with van der Waals surface area (Å²) < 4.78 is 0. The van der Waals surface area contributed by atoms with Gasteiger partial charge in [0.15, 0.2) is 0 Å². The SMILES string of the molecule is CCCC(=O)N1CCC2(CC1)SCCN2C(=O)C(C)C. The molecule has 20 heavy (non-hydrogen) atoms. The molecule has 2 rings (SSSR count). The summed E-state index contributed by atoms with van der Waals surface area (Å²) in [5.41, 5.74) is 0. The Hall–Kier alpha value is -0.710. The number of hydrogen-bond donors (Lipinski definition) is 0. The highest BCUT2D eigenvalue weighted by atomic mass is 32.2. The molecule has 0 aromatic rings. The molecule has 5 heteroatoms. The lowest BCUT2D eigenvalue weighted by Crippen LogP contribution is -2.54. The van der Waals surface area contributed by atoms with Gasteiger partial charge < -0.3 is 9.80 Å². The minimum absolute atomic E-state index is 0.0374. The lowest BCUT2D eigenvalue weighted by Gasteiger charge is -2.44. The van der Waals surface area contributed by atoms with E-state index in [0.29, 0.717) is 6.42 Å². The van der Waals surface area contributed by atoms with Gasteiger partial charge in [-0.1, -0.05) is 20.8 Å². The van der Waals surface area contributed by atoms with Gasteiger partial charge in [-0.3, -0.25) is 9.59 Å². The third kappa shape index (κ3) is 2.97. The van der Waals surface area contributed by atoms with Crippen LogP contribution in [-0.4, -0.2) is 51.9 Å². The van der Waals surface area contributed by atoms with Crippen LogP contribution in [0, 0.1) is 5.92 Å². The van der Waals surface area contributed by atoms with Gasteiger partial charge in [-0.2, -0.15) is 0 Å². The molecule has 0 saturated carbocycles. The summed E-state index contributed by atoms with van der Waals surface area (Å²) in [7, 11) is 0. The Bertz CT molecular complexity index is 376. The number of piperidine rings is 1. The van der Waals surface area contributed by atoms with Crippen molar-refractivity contribution >= 4 is 23.6 Å². The zero-order chi connectivity index (χ0) is 14.8. The number of carbonyl (C=O) groups excluding carboxylic acids is 2. The maximum absolute atomic E-state index is 12.4. The molecule has 0 aromatic carbocycles. The molecule has 2 aliphatic heterocycles. The second-order valence-electron chi connectivity index (χ2n) is 6.07. The van der Waals surface area contributed by atoms with Crippen LogP contribution < -0.4 is 0 Å². The summed E-state index contributed by atoms with van der Waals surface area (Å²) in [6, 6.07) is 0. The first kappa shape index (κ1) is 15.7. The van der Waals surface area contributed by atoms with Crippen LogP contribution in [0.2, 0.25) is 0 Å². The molecule has 2 fully saturated rings. The monoisotopic (exact) mass is 298 g/mol. The highest BCUT2D eigenvalue weighted by Gasteiger charge is 2.46. The second-order valence-corrected chi connectivity index (χ2v) is 7.53. The summed E-state index contributed by atoms with van der Waals surface area (Å²) in [4.78, 5) is 28.4. The van der Waals surface area contributed by atoms with E-state index in [2.05, 4.69) is 4.90 Å². The van der Waals surface area contributed by atoms with Crippen molar-refractivity contribution in [3.63, 3.8) is 0 Å². The lowest BCUT2D eigenvalue weighted by atomic mass is 10.00. The van der Waals surface area contributed by atoms with Crippen molar-refractivity contribution in [3.8, 4) is 0 Å². The van der Waals surface area contributed by atoms with Crippen LogP contribution in [0.5, 0.6) is 0 Å². The molecule has 0 N–H and O–H groups in total. The van der Waals surface area contributed by atoms with Gasteiger partial charge >= 0.3 is 0 Å². The molecule has 0 radical (unpaired) electrons. The van der Waals surface area contributed by atoms with Gasteiger partial charge in [-0.15, -0.1) is 11.8 Å². The first-order chi connectivity index (χ1) is 9.50. The maximum Gasteiger partial charge on any atom is 0.226 e. The zero-order valence-corrected chi connectivity index (χ0v) is 13.7. The van der Waals surface area contributed by atoms with Crippen molar-refractivity contribution in [1.29, 1.82) is 0 Å². The Labute approximate surface area is 126 Å². The highest BCUT2D eigenvalue weighted by Crippen LogP contribution is 2.44. The van der Waals surface area contributed by atoms with Gasteiger partial charge in [0.25, 0.3) is 0 Å². The second kappa shape index (κ2) is 6.37. The third-order valence-electron chi connectivity index (χ3n) is 4.30. The van der Waals surface area contributed by atoms with Crippen LogP contribution in [0.25, 0.3) is 0 Å². The zero-order valence-electron chi connectivity index (χ0n) is 12.9. The van der Waals surface area contributed by atoms with Crippen LogP contribution in [0.3, 0.4) is 0 Å². The predicted octanol–water partition coefficient (Wildman–Crippen LogP) is 2.34. The first-order valence-corrected chi connectivity index (χ1v) is 8.72. The van der Waals surface area contributed by atoms with E-state index in [1.807, 2.05) is 37.4 Å². The van der Waals surface area contributed by atoms with Crippen molar-refractivity contribution in [2.24, 2.45) is 5.92 Å². The van der Waals surface area contributed by atoms with Crippen molar-refractivity contribution in [3.05, 3.63) is 0 Å². The van der Waals surface area contributed by atoms with E-state index in [1.54, 1.807) is 0 Å². The summed E-state index contributed by atoms with van der Waals surface area (Å²) in [6.07, 6.45) is 3.40. The molecular formula is C15H26N2O2S. The maximum atomic E-state index is 12.4. The van der Waals surface area contributed by atoms with E-state index < -0.39 is 0 Å². The average Bonchev–Trinajstić information content (AvgIpc) is 2.82. The van der Waals surface area contributed by atoms with Crippen molar-refractivity contribution in [2.75, 3.05) is 25.4 Å². The van der Waals surface area contributed by atoms with Gasteiger partial charge in [0, 0.05) is 37.7 Å². The van der Waals surface area contributed by atoms with E-state index in [9.17, 15) is 9.59 Å². The fraction of sp³-hybridized carbons (Fsp3) is 0.867. The molecule has 2 saturated heterocycles. The molecule has 2 amide bonds.